The summed E-state index contributed by atoms with van der Waals surface area (Å²) in [5, 5.41) is -0.380. The highest BCUT2D eigenvalue weighted by molar-refractivity contribution is 7.91. The molecule has 4 nitrogen and oxygen atoms in total. The number of hydrogen-bond acceptors (Lipinski definition) is 3. The van der Waals surface area contributed by atoms with Crippen molar-refractivity contribution in [3.05, 3.63) is 0 Å². The number of sulfonamides is 1. The summed E-state index contributed by atoms with van der Waals surface area (Å²) in [6.07, 6.45) is 11.8. The fourth-order valence-electron chi connectivity index (χ4n) is 3.84. The molecule has 0 radical (unpaired) electrons. The third-order valence-electron chi connectivity index (χ3n) is 4.98. The van der Waals surface area contributed by atoms with E-state index in [4.69, 9.17) is 4.74 Å². The van der Waals surface area contributed by atoms with Crippen LogP contribution in [0.3, 0.4) is 0 Å². The molecule has 0 aromatic rings. The van der Waals surface area contributed by atoms with Crippen LogP contribution in [0.4, 0.5) is 0 Å². The van der Waals surface area contributed by atoms with Gasteiger partial charge < -0.3 is 4.74 Å². The van der Waals surface area contributed by atoms with Gasteiger partial charge in [0.2, 0.25) is 5.90 Å². The van der Waals surface area contributed by atoms with Crippen LogP contribution in [0, 0.1) is 5.92 Å². The molecule has 0 aromatic carbocycles. The minimum atomic E-state index is -3.33. The summed E-state index contributed by atoms with van der Waals surface area (Å²) in [6, 6.07) is 0. The van der Waals surface area contributed by atoms with Crippen molar-refractivity contribution in [3.8, 4) is 0 Å². The highest BCUT2D eigenvalue weighted by Gasteiger charge is 2.41. The monoisotopic (exact) mass is 299 g/mol. The Kier molecular flexibility index (Phi) is 4.34. The highest BCUT2D eigenvalue weighted by Crippen LogP contribution is 2.33. The maximum absolute atomic E-state index is 12.3. The van der Waals surface area contributed by atoms with E-state index in [1.807, 2.05) is 0 Å². The second-order valence-electron chi connectivity index (χ2n) is 6.54. The third kappa shape index (κ3) is 3.18. The molecule has 2 fully saturated rings. The second-order valence-corrected chi connectivity index (χ2v) is 8.36. The van der Waals surface area contributed by atoms with Crippen molar-refractivity contribution >= 4 is 15.9 Å². The summed E-state index contributed by atoms with van der Waals surface area (Å²) in [6.45, 7) is 0. The number of fused-ring (bicyclic) bond motifs is 1. The standard InChI is InChI=1S/C15H25NO3S/c17-20(18)14-10-6-5-9-13(14)19-15(16-20)11-12-7-3-1-2-4-8-12/h12-14H,1-11H2/t13-,14+/m1/s1. The summed E-state index contributed by atoms with van der Waals surface area (Å²) in [5.74, 6) is 1.06. The second kappa shape index (κ2) is 6.04. The van der Waals surface area contributed by atoms with Crippen molar-refractivity contribution in [2.45, 2.75) is 82.0 Å². The van der Waals surface area contributed by atoms with E-state index in [0.717, 1.165) is 25.7 Å². The quantitative estimate of drug-likeness (QED) is 0.734. The molecule has 3 aliphatic rings. The van der Waals surface area contributed by atoms with Gasteiger partial charge in [0.1, 0.15) is 11.4 Å². The first kappa shape index (κ1) is 14.4. The van der Waals surface area contributed by atoms with Gasteiger partial charge in [0.15, 0.2) is 0 Å². The largest absolute Gasteiger partial charge is 0.475 e. The van der Waals surface area contributed by atoms with E-state index in [0.29, 0.717) is 18.2 Å². The Labute approximate surface area is 122 Å². The lowest BCUT2D eigenvalue weighted by molar-refractivity contribution is 0.133. The smallest absolute Gasteiger partial charge is 0.262 e. The fraction of sp³-hybridized carbons (Fsp3) is 0.933. The van der Waals surface area contributed by atoms with E-state index < -0.39 is 10.0 Å². The van der Waals surface area contributed by atoms with Gasteiger partial charge in [-0.05, 0) is 38.0 Å². The van der Waals surface area contributed by atoms with Gasteiger partial charge in [-0.1, -0.05) is 32.1 Å². The van der Waals surface area contributed by atoms with Crippen molar-refractivity contribution in [1.29, 1.82) is 0 Å². The zero-order chi connectivity index (χ0) is 14.0. The van der Waals surface area contributed by atoms with Crippen molar-refractivity contribution < 1.29 is 13.2 Å². The molecule has 20 heavy (non-hydrogen) atoms. The molecule has 0 aromatic heterocycles. The Balaban J connectivity index is 1.71. The van der Waals surface area contributed by atoms with Gasteiger partial charge in [0.05, 0.1) is 0 Å². The minimum absolute atomic E-state index is 0.132. The summed E-state index contributed by atoms with van der Waals surface area (Å²) >= 11 is 0. The Morgan fingerprint density at radius 3 is 2.35 bits per heavy atom. The summed E-state index contributed by atoms with van der Waals surface area (Å²) in [7, 11) is -3.33. The number of hydrogen-bond donors (Lipinski definition) is 0. The van der Waals surface area contributed by atoms with Gasteiger partial charge in [-0.2, -0.15) is 0 Å². The van der Waals surface area contributed by atoms with Gasteiger partial charge in [0.25, 0.3) is 10.0 Å². The van der Waals surface area contributed by atoms with Crippen LogP contribution in [0.5, 0.6) is 0 Å². The van der Waals surface area contributed by atoms with Crippen LogP contribution in [-0.4, -0.2) is 25.7 Å². The average Bonchev–Trinajstić information content (AvgIpc) is 2.67. The molecule has 3 rings (SSSR count). The molecule has 1 heterocycles. The van der Waals surface area contributed by atoms with Crippen molar-refractivity contribution in [2.24, 2.45) is 10.3 Å². The lowest BCUT2D eigenvalue weighted by atomic mass is 9.95. The fourth-order valence-corrected chi connectivity index (χ4v) is 5.42. The molecule has 0 bridgehead atoms. The molecule has 0 amide bonds. The zero-order valence-corrected chi connectivity index (χ0v) is 12.9. The molecular formula is C15H25NO3S. The van der Waals surface area contributed by atoms with Gasteiger partial charge in [-0.25, -0.2) is 8.42 Å². The van der Waals surface area contributed by atoms with E-state index in [1.165, 1.54) is 38.5 Å². The van der Waals surface area contributed by atoms with E-state index in [9.17, 15) is 8.42 Å². The average molecular weight is 299 g/mol. The molecule has 2 atom stereocenters. The van der Waals surface area contributed by atoms with E-state index in [2.05, 4.69) is 4.40 Å². The van der Waals surface area contributed by atoms with Gasteiger partial charge in [-0.3, -0.25) is 0 Å². The normalized spacial score (nSPS) is 34.5. The predicted octanol–water partition coefficient (Wildman–Crippen LogP) is 3.42. The first-order chi connectivity index (χ1) is 9.65. The molecule has 0 unspecified atom stereocenters. The van der Waals surface area contributed by atoms with Crippen LogP contribution in [0.1, 0.15) is 70.6 Å². The van der Waals surface area contributed by atoms with Crippen LogP contribution in [0.2, 0.25) is 0 Å². The van der Waals surface area contributed by atoms with Crippen LogP contribution in [0.25, 0.3) is 0 Å². The lowest BCUT2D eigenvalue weighted by Crippen LogP contribution is -2.43. The Bertz CT molecular complexity index is 464. The van der Waals surface area contributed by atoms with E-state index in [1.54, 1.807) is 0 Å². The first-order valence-corrected chi connectivity index (χ1v) is 9.65. The molecule has 5 heteroatoms. The Hall–Kier alpha value is -0.580. The molecule has 2 saturated carbocycles. The summed E-state index contributed by atoms with van der Waals surface area (Å²) in [5.41, 5.74) is 0. The maximum Gasteiger partial charge on any atom is 0.262 e. The van der Waals surface area contributed by atoms with Crippen LogP contribution in [-0.2, 0) is 14.8 Å². The topological polar surface area (TPSA) is 55.7 Å². The Morgan fingerprint density at radius 1 is 0.950 bits per heavy atom. The SMILES string of the molecule is O=S1(=O)N=C(CC2CCCCCC2)O[C@@H]2CCCC[C@@H]21. The van der Waals surface area contributed by atoms with Gasteiger partial charge >= 0.3 is 0 Å². The van der Waals surface area contributed by atoms with E-state index in [-0.39, 0.29) is 11.4 Å². The minimum Gasteiger partial charge on any atom is -0.475 e. The molecule has 0 spiro atoms. The number of nitrogens with zero attached hydrogens (tertiary/aromatic N) is 1. The van der Waals surface area contributed by atoms with Gasteiger partial charge in [0, 0.05) is 6.42 Å². The molecule has 2 aliphatic carbocycles. The van der Waals surface area contributed by atoms with Crippen LogP contribution >= 0.6 is 0 Å². The molecule has 0 N–H and O–H groups in total. The van der Waals surface area contributed by atoms with E-state index >= 15 is 0 Å². The first-order valence-electron chi connectivity index (χ1n) is 8.14. The number of rotatable bonds is 2. The molecule has 0 saturated heterocycles. The van der Waals surface area contributed by atoms with Crippen LogP contribution < -0.4 is 0 Å². The van der Waals surface area contributed by atoms with Crippen LogP contribution in [0.15, 0.2) is 4.40 Å². The number of ether oxygens (including phenoxy) is 1. The lowest BCUT2D eigenvalue weighted by Gasteiger charge is -2.34. The molecular weight excluding hydrogens is 274 g/mol. The zero-order valence-electron chi connectivity index (χ0n) is 12.1. The highest BCUT2D eigenvalue weighted by atomic mass is 32.2. The Morgan fingerprint density at radius 2 is 1.60 bits per heavy atom. The van der Waals surface area contributed by atoms with Crippen molar-refractivity contribution in [1.82, 2.24) is 0 Å². The summed E-state index contributed by atoms with van der Waals surface area (Å²) < 4.78 is 34.5. The molecule has 114 valence electrons. The van der Waals surface area contributed by atoms with Crippen molar-refractivity contribution in [3.63, 3.8) is 0 Å². The maximum atomic E-state index is 12.3. The molecule has 1 aliphatic heterocycles. The predicted molar refractivity (Wildman–Crippen MR) is 79.3 cm³/mol. The van der Waals surface area contributed by atoms with Gasteiger partial charge in [-0.15, -0.1) is 4.40 Å². The summed E-state index contributed by atoms with van der Waals surface area (Å²) in [4.78, 5) is 0. The third-order valence-corrected chi connectivity index (χ3v) is 6.74. The van der Waals surface area contributed by atoms with Crippen molar-refractivity contribution in [2.75, 3.05) is 0 Å².